The molecule has 1 saturated heterocycles. The minimum absolute atomic E-state index is 0.154. The van der Waals surface area contributed by atoms with Crippen LogP contribution in [0.5, 0.6) is 0 Å². The molecule has 0 saturated carbocycles. The van der Waals surface area contributed by atoms with E-state index in [1.165, 1.54) is 0 Å². The number of terminal acetylenes is 1. The number of unbranched alkanes of at least 4 members (excludes halogenated alkanes) is 1. The monoisotopic (exact) mass is 517 g/mol. The first-order valence-corrected chi connectivity index (χ1v) is 16.3. The van der Waals surface area contributed by atoms with Crippen molar-refractivity contribution in [1.29, 1.82) is 0 Å². The molecule has 2 aromatic carbocycles. The molecular weight excluding hydrogens is 474 g/mol. The van der Waals surface area contributed by atoms with Gasteiger partial charge >= 0.3 is 5.97 Å². The van der Waals surface area contributed by atoms with Gasteiger partial charge in [0.25, 0.3) is 0 Å². The number of carbonyl (C=O) groups is 1. The van der Waals surface area contributed by atoms with E-state index in [1.807, 2.05) is 48.5 Å². The number of ether oxygens (including phenoxy) is 1. The molecule has 198 valence electrons. The lowest BCUT2D eigenvalue weighted by Crippen LogP contribution is -2.52. The zero-order valence-electron chi connectivity index (χ0n) is 23.2. The molecule has 0 aromatic heterocycles. The van der Waals surface area contributed by atoms with Crippen molar-refractivity contribution in [3.8, 4) is 12.3 Å². The Morgan fingerprint density at radius 1 is 1.05 bits per heavy atom. The number of hydrogen-bond acceptors (Lipinski definition) is 4. The Morgan fingerprint density at radius 2 is 1.65 bits per heavy atom. The highest BCUT2D eigenvalue weighted by Crippen LogP contribution is 2.43. The second-order valence-electron chi connectivity index (χ2n) is 11.5. The van der Waals surface area contributed by atoms with Crippen LogP contribution < -0.4 is 0 Å². The molecule has 1 aliphatic rings. The standard InChI is InChI=1S/C32H43NO3Si/c1-8-17-28-31(34)36-30(27-21-13-10-14-22-27)29(26-19-11-9-12-20-26)33(28)24-25(2)18-15-16-23-35-37(6,7)32(3,4)5/h1,9-14,19-22,28-30H,2,15-18,23-24H2,3-7H3/t28-,29-,30+/m0/s1. The van der Waals surface area contributed by atoms with E-state index >= 15 is 0 Å². The van der Waals surface area contributed by atoms with Crippen LogP contribution in [0.25, 0.3) is 0 Å². The van der Waals surface area contributed by atoms with Crippen LogP contribution in [0.4, 0.5) is 0 Å². The third-order valence-corrected chi connectivity index (χ3v) is 12.3. The highest BCUT2D eigenvalue weighted by molar-refractivity contribution is 6.74. The summed E-state index contributed by atoms with van der Waals surface area (Å²) >= 11 is 0. The average Bonchev–Trinajstić information content (AvgIpc) is 2.86. The fraction of sp³-hybridized carbons (Fsp3) is 0.469. The number of carbonyl (C=O) groups excluding carboxylic acids is 1. The summed E-state index contributed by atoms with van der Waals surface area (Å²) in [4.78, 5) is 15.4. The first-order valence-electron chi connectivity index (χ1n) is 13.4. The molecule has 0 amide bonds. The zero-order valence-corrected chi connectivity index (χ0v) is 24.2. The zero-order chi connectivity index (χ0) is 27.1. The Hall–Kier alpha value is -2.65. The minimum atomic E-state index is -1.73. The summed E-state index contributed by atoms with van der Waals surface area (Å²) in [6.45, 7) is 17.2. The maximum absolute atomic E-state index is 13.2. The molecule has 3 atom stereocenters. The maximum atomic E-state index is 13.2. The number of rotatable bonds is 11. The molecule has 0 unspecified atom stereocenters. The van der Waals surface area contributed by atoms with Gasteiger partial charge in [0.15, 0.2) is 8.32 Å². The number of esters is 1. The van der Waals surface area contributed by atoms with Gasteiger partial charge in [-0.3, -0.25) is 9.69 Å². The van der Waals surface area contributed by atoms with Gasteiger partial charge in [-0.1, -0.05) is 93.6 Å². The lowest BCUT2D eigenvalue weighted by atomic mass is 9.89. The van der Waals surface area contributed by atoms with E-state index in [0.29, 0.717) is 13.0 Å². The number of cyclic esters (lactones) is 1. The summed E-state index contributed by atoms with van der Waals surface area (Å²) in [5.74, 6) is 2.43. The van der Waals surface area contributed by atoms with E-state index in [9.17, 15) is 4.79 Å². The normalized spacial score (nSPS) is 20.8. The maximum Gasteiger partial charge on any atom is 0.325 e. The third kappa shape index (κ3) is 7.44. The SMILES string of the molecule is C#CC[C@H]1C(=O)O[C@H](c2ccccc2)[C@H](c2ccccc2)N1CC(=C)CCCCO[Si](C)(C)C(C)(C)C. The van der Waals surface area contributed by atoms with Gasteiger partial charge in [-0.05, 0) is 48.5 Å². The van der Waals surface area contributed by atoms with Crippen LogP contribution in [-0.2, 0) is 14.0 Å². The van der Waals surface area contributed by atoms with Crippen molar-refractivity contribution in [3.05, 3.63) is 83.9 Å². The molecule has 1 heterocycles. The van der Waals surface area contributed by atoms with Crippen LogP contribution in [0.3, 0.4) is 0 Å². The van der Waals surface area contributed by atoms with Crippen LogP contribution in [0.2, 0.25) is 18.1 Å². The van der Waals surface area contributed by atoms with Crippen molar-refractivity contribution in [2.75, 3.05) is 13.2 Å². The third-order valence-electron chi connectivity index (χ3n) is 7.74. The highest BCUT2D eigenvalue weighted by atomic mass is 28.4. The number of nitrogens with zero attached hydrogens (tertiary/aromatic N) is 1. The Kier molecular flexibility index (Phi) is 9.95. The predicted molar refractivity (Wildman–Crippen MR) is 155 cm³/mol. The first-order chi connectivity index (χ1) is 17.5. The van der Waals surface area contributed by atoms with Crippen LogP contribution in [0.15, 0.2) is 72.8 Å². The van der Waals surface area contributed by atoms with Gasteiger partial charge in [0, 0.05) is 19.6 Å². The summed E-state index contributed by atoms with van der Waals surface area (Å²) in [6.07, 6.45) is 8.47. The van der Waals surface area contributed by atoms with Crippen LogP contribution in [0.1, 0.15) is 69.7 Å². The van der Waals surface area contributed by atoms with Crippen molar-refractivity contribution in [1.82, 2.24) is 4.90 Å². The molecule has 5 heteroatoms. The Bertz CT molecular complexity index is 1070. The topological polar surface area (TPSA) is 38.8 Å². The Balaban J connectivity index is 1.76. The first kappa shape index (κ1) is 28.9. The number of morpholine rings is 1. The molecule has 1 fully saturated rings. The van der Waals surface area contributed by atoms with Crippen LogP contribution >= 0.6 is 0 Å². The van der Waals surface area contributed by atoms with E-state index in [0.717, 1.165) is 42.6 Å². The van der Waals surface area contributed by atoms with E-state index in [4.69, 9.17) is 15.6 Å². The fourth-order valence-corrected chi connectivity index (χ4v) is 5.65. The van der Waals surface area contributed by atoms with Crippen LogP contribution in [-0.4, -0.2) is 38.4 Å². The summed E-state index contributed by atoms with van der Waals surface area (Å²) in [6, 6.07) is 19.6. The van der Waals surface area contributed by atoms with Gasteiger partial charge in [0.05, 0.1) is 6.04 Å². The quantitative estimate of drug-likeness (QED) is 0.102. The van der Waals surface area contributed by atoms with Gasteiger partial charge in [0.2, 0.25) is 0 Å². The molecule has 0 spiro atoms. The largest absolute Gasteiger partial charge is 0.454 e. The molecular formula is C32H43NO3Si. The van der Waals surface area contributed by atoms with Gasteiger partial charge in [0.1, 0.15) is 12.1 Å². The Labute approximate surface area is 225 Å². The predicted octanol–water partition coefficient (Wildman–Crippen LogP) is 7.47. The Morgan fingerprint density at radius 3 is 2.22 bits per heavy atom. The van der Waals surface area contributed by atoms with E-state index < -0.39 is 20.5 Å². The summed E-state index contributed by atoms with van der Waals surface area (Å²) < 4.78 is 12.4. The van der Waals surface area contributed by atoms with Gasteiger partial charge in [-0.25, -0.2) is 0 Å². The molecule has 37 heavy (non-hydrogen) atoms. The van der Waals surface area contributed by atoms with E-state index in [2.05, 4.69) is 63.4 Å². The molecule has 0 N–H and O–H groups in total. The van der Waals surface area contributed by atoms with Crippen molar-refractivity contribution in [3.63, 3.8) is 0 Å². The van der Waals surface area contributed by atoms with Crippen molar-refractivity contribution >= 4 is 14.3 Å². The summed E-state index contributed by atoms with van der Waals surface area (Å²) in [5, 5.41) is 0.216. The molecule has 0 bridgehead atoms. The van der Waals surface area contributed by atoms with Gasteiger partial charge < -0.3 is 9.16 Å². The van der Waals surface area contributed by atoms with Crippen molar-refractivity contribution in [2.45, 2.75) is 82.8 Å². The molecule has 4 nitrogen and oxygen atoms in total. The number of hydrogen-bond donors (Lipinski definition) is 0. The molecule has 2 aromatic rings. The van der Waals surface area contributed by atoms with Crippen molar-refractivity contribution in [2.24, 2.45) is 0 Å². The highest BCUT2D eigenvalue weighted by Gasteiger charge is 2.45. The summed E-state index contributed by atoms with van der Waals surface area (Å²) in [5.41, 5.74) is 3.17. The molecule has 0 radical (unpaired) electrons. The van der Waals surface area contributed by atoms with Crippen molar-refractivity contribution < 1.29 is 14.0 Å². The lowest BCUT2D eigenvalue weighted by molar-refractivity contribution is -0.174. The minimum Gasteiger partial charge on any atom is -0.454 e. The lowest BCUT2D eigenvalue weighted by Gasteiger charge is -2.45. The molecule has 0 aliphatic carbocycles. The van der Waals surface area contributed by atoms with Gasteiger partial charge in [-0.2, -0.15) is 0 Å². The smallest absolute Gasteiger partial charge is 0.325 e. The number of benzene rings is 2. The second-order valence-corrected chi connectivity index (χ2v) is 16.3. The fourth-order valence-electron chi connectivity index (χ4n) is 4.56. The molecule has 3 rings (SSSR count). The van der Waals surface area contributed by atoms with E-state index in [1.54, 1.807) is 0 Å². The van der Waals surface area contributed by atoms with Gasteiger partial charge in [-0.15, -0.1) is 12.3 Å². The second kappa shape index (κ2) is 12.7. The average molecular weight is 518 g/mol. The van der Waals surface area contributed by atoms with Crippen LogP contribution in [0, 0.1) is 12.3 Å². The summed E-state index contributed by atoms with van der Waals surface area (Å²) in [7, 11) is -1.73. The molecule has 1 aliphatic heterocycles. The van der Waals surface area contributed by atoms with E-state index in [-0.39, 0.29) is 17.0 Å².